The van der Waals surface area contributed by atoms with Crippen LogP contribution in [0.1, 0.15) is 46.1 Å². The number of nitrogens with zero attached hydrogens (tertiary/aromatic N) is 1. The number of halogens is 2. The van der Waals surface area contributed by atoms with Crippen LogP contribution in [0.25, 0.3) is 0 Å². The highest BCUT2D eigenvalue weighted by molar-refractivity contribution is 7.13. The van der Waals surface area contributed by atoms with E-state index >= 15 is 0 Å². The Labute approximate surface area is 130 Å². The van der Waals surface area contributed by atoms with Gasteiger partial charge in [-0.1, -0.05) is 0 Å². The van der Waals surface area contributed by atoms with Crippen molar-refractivity contribution in [1.82, 2.24) is 10.3 Å². The maximum Gasteiger partial charge on any atom is 0.263 e. The number of carbonyl (C=O) groups is 1. The van der Waals surface area contributed by atoms with Crippen molar-refractivity contribution in [1.29, 1.82) is 0 Å². The molecule has 2 rings (SSSR count). The predicted molar refractivity (Wildman–Crippen MR) is 83.8 cm³/mol. The van der Waals surface area contributed by atoms with Gasteiger partial charge >= 0.3 is 0 Å². The smallest absolute Gasteiger partial charge is 0.263 e. The predicted octanol–water partition coefficient (Wildman–Crippen LogP) is 2.60. The lowest BCUT2D eigenvalue weighted by atomic mass is 9.92. The van der Waals surface area contributed by atoms with E-state index in [9.17, 15) is 4.79 Å². The van der Waals surface area contributed by atoms with Gasteiger partial charge in [0, 0.05) is 12.1 Å². The van der Waals surface area contributed by atoms with Crippen LogP contribution in [0.5, 0.6) is 0 Å². The van der Waals surface area contributed by atoms with Crippen molar-refractivity contribution in [2.24, 2.45) is 5.73 Å². The zero-order valence-corrected chi connectivity index (χ0v) is 13.6. The maximum absolute atomic E-state index is 12.1. The molecule has 0 spiro atoms. The molecule has 1 saturated carbocycles. The van der Waals surface area contributed by atoms with E-state index in [1.54, 1.807) is 0 Å². The summed E-state index contributed by atoms with van der Waals surface area (Å²) in [7, 11) is 0. The molecule has 0 unspecified atom stereocenters. The van der Waals surface area contributed by atoms with Crippen molar-refractivity contribution in [3.05, 3.63) is 15.6 Å². The summed E-state index contributed by atoms with van der Waals surface area (Å²) in [5.74, 6) is 0.0218. The Bertz CT molecular complexity index is 417. The van der Waals surface area contributed by atoms with Gasteiger partial charge in [-0.3, -0.25) is 4.79 Å². The number of thiazole rings is 1. The third-order valence-electron chi connectivity index (χ3n) is 3.22. The van der Waals surface area contributed by atoms with E-state index in [2.05, 4.69) is 10.3 Å². The molecule has 3 N–H and O–H groups in total. The van der Waals surface area contributed by atoms with Crippen LogP contribution in [0.4, 0.5) is 0 Å². The molecule has 1 fully saturated rings. The fraction of sp³-hybridized carbons (Fsp3) is 0.667. The highest BCUT2D eigenvalue weighted by Crippen LogP contribution is 2.20. The highest BCUT2D eigenvalue weighted by atomic mass is 35.5. The van der Waals surface area contributed by atoms with E-state index < -0.39 is 0 Å². The fourth-order valence-electron chi connectivity index (χ4n) is 2.26. The minimum atomic E-state index is 0. The van der Waals surface area contributed by atoms with E-state index in [1.807, 2.05) is 13.8 Å². The van der Waals surface area contributed by atoms with Gasteiger partial charge in [0.05, 0.1) is 10.7 Å². The molecule has 1 aliphatic carbocycles. The monoisotopic (exact) mass is 325 g/mol. The van der Waals surface area contributed by atoms with Gasteiger partial charge in [-0.15, -0.1) is 36.2 Å². The summed E-state index contributed by atoms with van der Waals surface area (Å²) in [6.45, 7) is 3.81. The largest absolute Gasteiger partial charge is 0.349 e. The lowest BCUT2D eigenvalue weighted by Crippen LogP contribution is -2.40. The van der Waals surface area contributed by atoms with Crippen molar-refractivity contribution in [3.8, 4) is 0 Å². The van der Waals surface area contributed by atoms with Crippen molar-refractivity contribution < 1.29 is 4.79 Å². The molecule has 19 heavy (non-hydrogen) atoms. The van der Waals surface area contributed by atoms with Crippen LogP contribution < -0.4 is 11.1 Å². The summed E-state index contributed by atoms with van der Waals surface area (Å²) < 4.78 is 0. The summed E-state index contributed by atoms with van der Waals surface area (Å²) in [5.41, 5.74) is 6.68. The third kappa shape index (κ3) is 4.91. The maximum atomic E-state index is 12.1. The molecule has 1 aromatic heterocycles. The Hall–Kier alpha value is -0.360. The van der Waals surface area contributed by atoms with Crippen molar-refractivity contribution in [2.45, 2.75) is 51.6 Å². The van der Waals surface area contributed by atoms with Crippen LogP contribution in [-0.4, -0.2) is 23.0 Å². The first-order valence-electron chi connectivity index (χ1n) is 6.06. The zero-order chi connectivity index (χ0) is 12.4. The van der Waals surface area contributed by atoms with E-state index in [0.717, 1.165) is 41.3 Å². The standard InChI is InChI=1S/C12H19N3OS.2ClH/c1-7-11(17-8(2)14-7)12(16)15-10-5-3-9(13)4-6-10;;/h9-10H,3-6,13H2,1-2H3,(H,15,16);2*1H. The summed E-state index contributed by atoms with van der Waals surface area (Å²) in [5, 5.41) is 4.03. The SMILES string of the molecule is Cc1nc(C)c(C(=O)NC2CCC(N)CC2)s1.Cl.Cl. The molecule has 0 aliphatic heterocycles. The van der Waals surface area contributed by atoms with Gasteiger partial charge < -0.3 is 11.1 Å². The first kappa shape index (κ1) is 18.6. The molecule has 0 radical (unpaired) electrons. The number of nitrogens with one attached hydrogen (secondary N) is 1. The Morgan fingerprint density at radius 1 is 1.26 bits per heavy atom. The topological polar surface area (TPSA) is 68.0 Å². The lowest BCUT2D eigenvalue weighted by molar-refractivity contribution is 0.0929. The van der Waals surface area contributed by atoms with Gasteiger partial charge in [-0.25, -0.2) is 4.98 Å². The first-order valence-corrected chi connectivity index (χ1v) is 6.88. The average molecular weight is 326 g/mol. The minimum absolute atomic E-state index is 0. The number of hydrogen-bond acceptors (Lipinski definition) is 4. The molecule has 110 valence electrons. The molecule has 1 amide bonds. The van der Waals surface area contributed by atoms with Crippen LogP contribution in [0.15, 0.2) is 0 Å². The molecule has 1 heterocycles. The van der Waals surface area contributed by atoms with E-state index in [-0.39, 0.29) is 36.8 Å². The van der Waals surface area contributed by atoms with Crippen LogP contribution >= 0.6 is 36.2 Å². The number of hydrogen-bond donors (Lipinski definition) is 2. The number of carbonyl (C=O) groups excluding carboxylic acids is 1. The number of aryl methyl sites for hydroxylation is 2. The second-order valence-corrected chi connectivity index (χ2v) is 5.94. The third-order valence-corrected chi connectivity index (χ3v) is 4.29. The van der Waals surface area contributed by atoms with Crippen molar-refractivity contribution in [3.63, 3.8) is 0 Å². The van der Waals surface area contributed by atoms with Crippen LogP contribution in [0, 0.1) is 13.8 Å². The number of aromatic nitrogens is 1. The van der Waals surface area contributed by atoms with Gasteiger partial charge in [0.1, 0.15) is 4.88 Å². The Kier molecular flexibility index (Phi) is 7.89. The lowest BCUT2D eigenvalue weighted by Gasteiger charge is -2.26. The Morgan fingerprint density at radius 2 is 1.84 bits per heavy atom. The molecule has 4 nitrogen and oxygen atoms in total. The summed E-state index contributed by atoms with van der Waals surface area (Å²) in [4.78, 5) is 17.1. The zero-order valence-electron chi connectivity index (χ0n) is 11.1. The van der Waals surface area contributed by atoms with Crippen molar-refractivity contribution in [2.75, 3.05) is 0 Å². The number of amides is 1. The highest BCUT2D eigenvalue weighted by Gasteiger charge is 2.22. The summed E-state index contributed by atoms with van der Waals surface area (Å²) >= 11 is 1.46. The quantitative estimate of drug-likeness (QED) is 0.878. The molecular weight excluding hydrogens is 305 g/mol. The average Bonchev–Trinajstić information content (AvgIpc) is 2.61. The normalized spacial score (nSPS) is 22.1. The van der Waals surface area contributed by atoms with Crippen molar-refractivity contribution >= 4 is 42.1 Å². The van der Waals surface area contributed by atoms with Crippen LogP contribution in [0.3, 0.4) is 0 Å². The van der Waals surface area contributed by atoms with Gasteiger partial charge in [0.15, 0.2) is 0 Å². The number of nitrogens with two attached hydrogens (primary N) is 1. The molecule has 1 aromatic rings. The van der Waals surface area contributed by atoms with E-state index in [1.165, 1.54) is 11.3 Å². The molecule has 0 saturated heterocycles. The van der Waals surface area contributed by atoms with Crippen LogP contribution in [0.2, 0.25) is 0 Å². The molecule has 0 aromatic carbocycles. The molecule has 0 bridgehead atoms. The molecule has 0 atom stereocenters. The summed E-state index contributed by atoms with van der Waals surface area (Å²) in [6.07, 6.45) is 3.99. The Balaban J connectivity index is 0.00000162. The van der Waals surface area contributed by atoms with Crippen LogP contribution in [-0.2, 0) is 0 Å². The first-order chi connectivity index (χ1) is 8.06. The second kappa shape index (κ2) is 8.04. The van der Waals surface area contributed by atoms with Gasteiger partial charge in [0.2, 0.25) is 0 Å². The fourth-order valence-corrected chi connectivity index (χ4v) is 3.08. The second-order valence-electron chi connectivity index (χ2n) is 4.73. The number of rotatable bonds is 2. The van der Waals surface area contributed by atoms with E-state index in [4.69, 9.17) is 5.73 Å². The molecule has 7 heteroatoms. The van der Waals surface area contributed by atoms with Gasteiger partial charge in [0.25, 0.3) is 5.91 Å². The minimum Gasteiger partial charge on any atom is -0.349 e. The molecular formula is C12H21Cl2N3OS. The molecule has 1 aliphatic rings. The van der Waals surface area contributed by atoms with E-state index in [0.29, 0.717) is 6.04 Å². The van der Waals surface area contributed by atoms with Gasteiger partial charge in [-0.2, -0.15) is 0 Å². The van der Waals surface area contributed by atoms with Gasteiger partial charge in [-0.05, 0) is 39.5 Å². The Morgan fingerprint density at radius 3 is 2.32 bits per heavy atom. The summed E-state index contributed by atoms with van der Waals surface area (Å²) in [6, 6.07) is 0.597.